The van der Waals surface area contributed by atoms with Gasteiger partial charge in [0.1, 0.15) is 5.60 Å². The number of hydrogen-bond acceptors (Lipinski definition) is 2. The smallest absolute Gasteiger partial charge is 0.115 e. The predicted molar refractivity (Wildman–Crippen MR) is 64.3 cm³/mol. The van der Waals surface area contributed by atoms with Gasteiger partial charge in [0.2, 0.25) is 0 Å². The second kappa shape index (κ2) is 4.56. The molecule has 1 atom stereocenters. The van der Waals surface area contributed by atoms with Gasteiger partial charge >= 0.3 is 0 Å². The fourth-order valence-corrected chi connectivity index (χ4v) is 2.20. The lowest BCUT2D eigenvalue weighted by Crippen LogP contribution is -2.25. The van der Waals surface area contributed by atoms with E-state index in [2.05, 4.69) is 26.0 Å². The van der Waals surface area contributed by atoms with Crippen LogP contribution in [0.15, 0.2) is 24.3 Å². The number of aliphatic hydroxyl groups is 1. The van der Waals surface area contributed by atoms with Crippen molar-refractivity contribution in [1.82, 2.24) is 0 Å². The van der Waals surface area contributed by atoms with Crippen molar-refractivity contribution in [3.63, 3.8) is 0 Å². The highest BCUT2D eigenvalue weighted by Crippen LogP contribution is 2.30. The largest absolute Gasteiger partial charge is 0.383 e. The van der Waals surface area contributed by atoms with Gasteiger partial charge in [-0.05, 0) is 23.5 Å². The quantitative estimate of drug-likeness (QED) is 0.848. The average molecular weight is 220 g/mol. The van der Waals surface area contributed by atoms with Crippen LogP contribution in [0.25, 0.3) is 0 Å². The first-order chi connectivity index (χ1) is 7.60. The molecule has 1 aromatic rings. The van der Waals surface area contributed by atoms with Gasteiger partial charge in [-0.2, -0.15) is 0 Å². The van der Waals surface area contributed by atoms with E-state index >= 15 is 0 Å². The van der Waals surface area contributed by atoms with Crippen LogP contribution in [0.5, 0.6) is 0 Å². The predicted octanol–water partition coefficient (Wildman–Crippen LogP) is 2.49. The van der Waals surface area contributed by atoms with E-state index in [0.717, 1.165) is 12.0 Å². The molecule has 0 aliphatic carbocycles. The summed E-state index contributed by atoms with van der Waals surface area (Å²) >= 11 is 0. The van der Waals surface area contributed by atoms with E-state index in [1.54, 1.807) is 0 Å². The Balaban J connectivity index is 2.12. The van der Waals surface area contributed by atoms with E-state index in [4.69, 9.17) is 4.74 Å². The van der Waals surface area contributed by atoms with Gasteiger partial charge in [0.05, 0.1) is 6.61 Å². The molecular weight excluding hydrogens is 200 g/mol. The Kier molecular flexibility index (Phi) is 3.31. The van der Waals surface area contributed by atoms with E-state index in [0.29, 0.717) is 25.6 Å². The van der Waals surface area contributed by atoms with Crippen molar-refractivity contribution in [3.8, 4) is 0 Å². The molecule has 0 bridgehead atoms. The van der Waals surface area contributed by atoms with E-state index in [-0.39, 0.29) is 0 Å². The van der Waals surface area contributed by atoms with Gasteiger partial charge in [-0.3, -0.25) is 0 Å². The minimum absolute atomic E-state index is 0.427. The summed E-state index contributed by atoms with van der Waals surface area (Å²) in [4.78, 5) is 0. The zero-order valence-electron chi connectivity index (χ0n) is 10.1. The molecule has 0 radical (unpaired) electrons. The number of benzene rings is 1. The fraction of sp³-hybridized carbons (Fsp3) is 0.571. The Bertz CT molecular complexity index is 334. The minimum atomic E-state index is -0.754. The SMILES string of the molecule is CC(C)Cc1ccc(C2(O)CCOC2)cc1. The maximum Gasteiger partial charge on any atom is 0.115 e. The molecule has 2 rings (SSSR count). The zero-order valence-corrected chi connectivity index (χ0v) is 10.1. The van der Waals surface area contributed by atoms with Crippen molar-refractivity contribution in [1.29, 1.82) is 0 Å². The summed E-state index contributed by atoms with van der Waals surface area (Å²) in [5.41, 5.74) is 1.56. The Morgan fingerprint density at radius 1 is 1.31 bits per heavy atom. The van der Waals surface area contributed by atoms with Gasteiger partial charge in [0.15, 0.2) is 0 Å². The topological polar surface area (TPSA) is 29.5 Å². The third-order valence-electron chi connectivity index (χ3n) is 3.14. The molecule has 1 N–H and O–H groups in total. The van der Waals surface area contributed by atoms with E-state index in [1.807, 2.05) is 12.1 Å². The maximum atomic E-state index is 10.3. The van der Waals surface area contributed by atoms with Gasteiger partial charge in [0, 0.05) is 13.0 Å². The molecule has 0 amide bonds. The first kappa shape index (κ1) is 11.6. The van der Waals surface area contributed by atoms with Gasteiger partial charge in [-0.15, -0.1) is 0 Å². The lowest BCUT2D eigenvalue weighted by atomic mass is 9.91. The molecule has 2 nitrogen and oxygen atoms in total. The van der Waals surface area contributed by atoms with Crippen LogP contribution in [0.4, 0.5) is 0 Å². The standard InChI is InChI=1S/C14H20O2/c1-11(2)9-12-3-5-13(6-4-12)14(15)7-8-16-10-14/h3-6,11,15H,7-10H2,1-2H3. The molecule has 16 heavy (non-hydrogen) atoms. The Labute approximate surface area is 97.3 Å². The molecule has 1 fully saturated rings. The zero-order chi connectivity index (χ0) is 11.6. The van der Waals surface area contributed by atoms with Crippen molar-refractivity contribution in [2.75, 3.05) is 13.2 Å². The third kappa shape index (κ3) is 2.45. The molecule has 1 saturated heterocycles. The van der Waals surface area contributed by atoms with E-state index < -0.39 is 5.60 Å². The molecule has 0 saturated carbocycles. The van der Waals surface area contributed by atoms with E-state index in [1.165, 1.54) is 5.56 Å². The normalized spacial score (nSPS) is 25.2. The summed E-state index contributed by atoms with van der Waals surface area (Å²) in [7, 11) is 0. The monoisotopic (exact) mass is 220 g/mol. The molecule has 0 spiro atoms. The molecule has 88 valence electrons. The summed E-state index contributed by atoms with van der Waals surface area (Å²) in [6.07, 6.45) is 1.80. The van der Waals surface area contributed by atoms with Gasteiger partial charge in [-0.25, -0.2) is 0 Å². The highest BCUT2D eigenvalue weighted by atomic mass is 16.5. The summed E-state index contributed by atoms with van der Waals surface area (Å²) in [5.74, 6) is 0.670. The molecular formula is C14H20O2. The highest BCUT2D eigenvalue weighted by Gasteiger charge is 2.33. The van der Waals surface area contributed by atoms with Crippen LogP contribution in [0, 0.1) is 5.92 Å². The molecule has 2 heteroatoms. The van der Waals surface area contributed by atoms with Crippen molar-refractivity contribution in [3.05, 3.63) is 35.4 Å². The second-order valence-electron chi connectivity index (χ2n) is 5.13. The maximum absolute atomic E-state index is 10.3. The van der Waals surface area contributed by atoms with Crippen LogP contribution in [0.2, 0.25) is 0 Å². The summed E-state index contributed by atoms with van der Waals surface area (Å²) < 4.78 is 5.26. The molecule has 1 aromatic carbocycles. The van der Waals surface area contributed by atoms with Gasteiger partial charge in [-0.1, -0.05) is 38.1 Å². The van der Waals surface area contributed by atoms with Crippen molar-refractivity contribution >= 4 is 0 Å². The molecule has 1 heterocycles. The van der Waals surface area contributed by atoms with Crippen LogP contribution in [-0.2, 0) is 16.8 Å². The first-order valence-electron chi connectivity index (χ1n) is 6.00. The fourth-order valence-electron chi connectivity index (χ4n) is 2.20. The van der Waals surface area contributed by atoms with Crippen LogP contribution in [0.1, 0.15) is 31.4 Å². The molecule has 0 aromatic heterocycles. The van der Waals surface area contributed by atoms with Crippen LogP contribution in [-0.4, -0.2) is 18.3 Å². The number of rotatable bonds is 3. The Morgan fingerprint density at radius 3 is 2.50 bits per heavy atom. The highest BCUT2D eigenvalue weighted by molar-refractivity contribution is 5.28. The average Bonchev–Trinajstić information content (AvgIpc) is 2.66. The van der Waals surface area contributed by atoms with E-state index in [9.17, 15) is 5.11 Å². The van der Waals surface area contributed by atoms with Crippen LogP contribution < -0.4 is 0 Å². The summed E-state index contributed by atoms with van der Waals surface area (Å²) in [5, 5.41) is 10.3. The lowest BCUT2D eigenvalue weighted by Gasteiger charge is -2.21. The molecule has 1 aliphatic rings. The molecule has 1 unspecified atom stereocenters. The lowest BCUT2D eigenvalue weighted by molar-refractivity contribution is 0.0232. The Morgan fingerprint density at radius 2 is 2.00 bits per heavy atom. The van der Waals surface area contributed by atoms with Crippen molar-refractivity contribution < 1.29 is 9.84 Å². The first-order valence-corrected chi connectivity index (χ1v) is 6.00. The third-order valence-corrected chi connectivity index (χ3v) is 3.14. The van der Waals surface area contributed by atoms with Crippen LogP contribution in [0.3, 0.4) is 0 Å². The molecule has 1 aliphatic heterocycles. The van der Waals surface area contributed by atoms with Gasteiger partial charge < -0.3 is 9.84 Å². The minimum Gasteiger partial charge on any atom is -0.383 e. The number of ether oxygens (including phenoxy) is 1. The summed E-state index contributed by atoms with van der Waals surface area (Å²) in [6.45, 7) is 5.51. The number of hydrogen-bond donors (Lipinski definition) is 1. The Hall–Kier alpha value is -0.860. The summed E-state index contributed by atoms with van der Waals surface area (Å²) in [6, 6.07) is 8.30. The second-order valence-corrected chi connectivity index (χ2v) is 5.13. The van der Waals surface area contributed by atoms with Crippen molar-refractivity contribution in [2.24, 2.45) is 5.92 Å². The van der Waals surface area contributed by atoms with Crippen molar-refractivity contribution in [2.45, 2.75) is 32.3 Å². The van der Waals surface area contributed by atoms with Crippen LogP contribution >= 0.6 is 0 Å². The van der Waals surface area contributed by atoms with Gasteiger partial charge in [0.25, 0.3) is 0 Å².